The lowest BCUT2D eigenvalue weighted by molar-refractivity contribution is -0.121. The molecule has 3 rings (SSSR count). The maximum Gasteiger partial charge on any atom is 0.226 e. The molecular formula is C18H23N3OS. The predicted octanol–water partition coefficient (Wildman–Crippen LogP) is 3.98. The van der Waals surface area contributed by atoms with Crippen molar-refractivity contribution in [3.8, 4) is 10.7 Å². The van der Waals surface area contributed by atoms with E-state index in [1.54, 1.807) is 17.5 Å². The molecule has 0 atom stereocenters. The van der Waals surface area contributed by atoms with Crippen LogP contribution in [0.2, 0.25) is 0 Å². The predicted molar refractivity (Wildman–Crippen MR) is 93.3 cm³/mol. The fourth-order valence-electron chi connectivity index (χ4n) is 3.04. The van der Waals surface area contributed by atoms with Crippen LogP contribution in [0, 0.1) is 0 Å². The Balaban J connectivity index is 1.54. The van der Waals surface area contributed by atoms with Crippen molar-refractivity contribution >= 4 is 17.2 Å². The minimum atomic E-state index is 0.0912. The van der Waals surface area contributed by atoms with Crippen molar-refractivity contribution in [3.63, 3.8) is 0 Å². The van der Waals surface area contributed by atoms with Gasteiger partial charge in [0.25, 0.3) is 0 Å². The number of pyridine rings is 1. The first-order chi connectivity index (χ1) is 11.3. The fraction of sp³-hybridized carbons (Fsp3) is 0.500. The summed E-state index contributed by atoms with van der Waals surface area (Å²) >= 11 is 1.54. The molecule has 0 unspecified atom stereocenters. The molecule has 0 aliphatic heterocycles. The zero-order valence-electron chi connectivity index (χ0n) is 13.3. The summed E-state index contributed by atoms with van der Waals surface area (Å²) < 4.78 is 0. The van der Waals surface area contributed by atoms with Crippen LogP contribution in [-0.2, 0) is 11.2 Å². The van der Waals surface area contributed by atoms with Gasteiger partial charge in [-0.3, -0.25) is 9.78 Å². The fourth-order valence-corrected chi connectivity index (χ4v) is 3.83. The summed E-state index contributed by atoms with van der Waals surface area (Å²) in [6.07, 6.45) is 10.7. The molecule has 1 aliphatic rings. The van der Waals surface area contributed by atoms with Gasteiger partial charge in [-0.05, 0) is 25.0 Å². The van der Waals surface area contributed by atoms with Crippen LogP contribution in [0.5, 0.6) is 0 Å². The standard InChI is InChI=1S/C18H23N3OS/c22-17(20-14-8-4-2-1-3-5-9-14)12-15-13-23-18(21-15)16-10-6-7-11-19-16/h6-7,10-11,13-14H,1-5,8-9,12H2,(H,20,22). The van der Waals surface area contributed by atoms with E-state index in [2.05, 4.69) is 15.3 Å². The van der Waals surface area contributed by atoms with Crippen LogP contribution >= 0.6 is 11.3 Å². The van der Waals surface area contributed by atoms with E-state index >= 15 is 0 Å². The lowest BCUT2D eigenvalue weighted by Crippen LogP contribution is -2.36. The summed E-state index contributed by atoms with van der Waals surface area (Å²) in [6.45, 7) is 0. The van der Waals surface area contributed by atoms with E-state index in [-0.39, 0.29) is 5.91 Å². The minimum Gasteiger partial charge on any atom is -0.353 e. The topological polar surface area (TPSA) is 54.9 Å². The zero-order valence-corrected chi connectivity index (χ0v) is 14.1. The Hall–Kier alpha value is -1.75. The van der Waals surface area contributed by atoms with Gasteiger partial charge in [-0.25, -0.2) is 4.98 Å². The molecule has 2 heterocycles. The number of nitrogens with zero attached hydrogens (tertiary/aromatic N) is 2. The molecule has 0 saturated heterocycles. The van der Waals surface area contributed by atoms with Gasteiger partial charge in [0.05, 0.1) is 17.8 Å². The van der Waals surface area contributed by atoms with E-state index in [9.17, 15) is 4.79 Å². The molecule has 0 spiro atoms. The second kappa shape index (κ2) is 8.20. The summed E-state index contributed by atoms with van der Waals surface area (Å²) in [5, 5.41) is 6.03. The normalized spacial score (nSPS) is 16.5. The molecule has 1 amide bonds. The van der Waals surface area contributed by atoms with Crippen LogP contribution in [0.4, 0.5) is 0 Å². The van der Waals surface area contributed by atoms with Gasteiger partial charge in [-0.1, -0.05) is 38.2 Å². The highest BCUT2D eigenvalue weighted by molar-refractivity contribution is 7.13. The van der Waals surface area contributed by atoms with Crippen molar-refractivity contribution in [3.05, 3.63) is 35.5 Å². The Labute approximate surface area is 141 Å². The van der Waals surface area contributed by atoms with Gasteiger partial charge in [0.1, 0.15) is 5.01 Å². The quantitative estimate of drug-likeness (QED) is 0.923. The maximum atomic E-state index is 12.3. The smallest absolute Gasteiger partial charge is 0.226 e. The minimum absolute atomic E-state index is 0.0912. The summed E-state index contributed by atoms with van der Waals surface area (Å²) in [5.74, 6) is 0.0912. The van der Waals surface area contributed by atoms with Gasteiger partial charge in [0.2, 0.25) is 5.91 Å². The number of hydrogen-bond acceptors (Lipinski definition) is 4. The molecule has 0 aromatic carbocycles. The number of rotatable bonds is 4. The van der Waals surface area contributed by atoms with Crippen LogP contribution < -0.4 is 5.32 Å². The number of nitrogens with one attached hydrogen (secondary N) is 1. The highest BCUT2D eigenvalue weighted by atomic mass is 32.1. The Morgan fingerprint density at radius 2 is 1.96 bits per heavy atom. The second-order valence-corrected chi connectivity index (χ2v) is 7.00. The van der Waals surface area contributed by atoms with Gasteiger partial charge in [-0.2, -0.15) is 0 Å². The highest BCUT2D eigenvalue weighted by Gasteiger charge is 2.15. The van der Waals surface area contributed by atoms with Crippen LogP contribution in [0.3, 0.4) is 0 Å². The first kappa shape index (κ1) is 16.1. The Bertz CT molecular complexity index is 618. The third-order valence-corrected chi connectivity index (χ3v) is 5.16. The molecule has 2 aromatic heterocycles. The van der Waals surface area contributed by atoms with Crippen molar-refractivity contribution in [2.45, 2.75) is 57.4 Å². The third kappa shape index (κ3) is 4.86. The van der Waals surface area contributed by atoms with E-state index in [4.69, 9.17) is 0 Å². The van der Waals surface area contributed by atoms with Gasteiger partial charge in [-0.15, -0.1) is 11.3 Å². The van der Waals surface area contributed by atoms with Crippen LogP contribution in [-0.4, -0.2) is 21.9 Å². The average Bonchev–Trinajstić information content (AvgIpc) is 2.99. The van der Waals surface area contributed by atoms with Crippen LogP contribution in [0.1, 0.15) is 50.6 Å². The van der Waals surface area contributed by atoms with E-state index in [0.717, 1.165) is 29.2 Å². The maximum absolute atomic E-state index is 12.3. The summed E-state index contributed by atoms with van der Waals surface area (Å²) in [4.78, 5) is 21.1. The first-order valence-electron chi connectivity index (χ1n) is 8.46. The second-order valence-electron chi connectivity index (χ2n) is 6.15. The number of aromatic nitrogens is 2. The third-order valence-electron chi connectivity index (χ3n) is 4.25. The molecule has 1 saturated carbocycles. The molecule has 1 fully saturated rings. The summed E-state index contributed by atoms with van der Waals surface area (Å²) in [5.41, 5.74) is 1.70. The first-order valence-corrected chi connectivity index (χ1v) is 9.34. The van der Waals surface area contributed by atoms with Crippen molar-refractivity contribution in [2.75, 3.05) is 0 Å². The molecule has 0 bridgehead atoms. The molecule has 1 aliphatic carbocycles. The number of thiazole rings is 1. The van der Waals surface area contributed by atoms with E-state index in [1.807, 2.05) is 23.6 Å². The largest absolute Gasteiger partial charge is 0.353 e. The highest BCUT2D eigenvalue weighted by Crippen LogP contribution is 2.22. The molecule has 23 heavy (non-hydrogen) atoms. The summed E-state index contributed by atoms with van der Waals surface area (Å²) in [6, 6.07) is 6.12. The molecule has 4 nitrogen and oxygen atoms in total. The van der Waals surface area contributed by atoms with Gasteiger partial charge < -0.3 is 5.32 Å². The molecule has 122 valence electrons. The average molecular weight is 329 g/mol. The van der Waals surface area contributed by atoms with Crippen molar-refractivity contribution in [1.29, 1.82) is 0 Å². The number of carbonyl (C=O) groups is 1. The molecule has 2 aromatic rings. The molecule has 0 radical (unpaired) electrons. The van der Waals surface area contributed by atoms with Crippen molar-refractivity contribution < 1.29 is 4.79 Å². The van der Waals surface area contributed by atoms with Crippen molar-refractivity contribution in [1.82, 2.24) is 15.3 Å². The number of amides is 1. The van der Waals surface area contributed by atoms with Gasteiger partial charge in [0.15, 0.2) is 0 Å². The monoisotopic (exact) mass is 329 g/mol. The van der Waals surface area contributed by atoms with Crippen LogP contribution in [0.25, 0.3) is 10.7 Å². The van der Waals surface area contributed by atoms with Crippen molar-refractivity contribution in [2.24, 2.45) is 0 Å². The zero-order chi connectivity index (χ0) is 15.9. The van der Waals surface area contributed by atoms with E-state index in [0.29, 0.717) is 12.5 Å². The Morgan fingerprint density at radius 3 is 2.70 bits per heavy atom. The Morgan fingerprint density at radius 1 is 1.17 bits per heavy atom. The lowest BCUT2D eigenvalue weighted by Gasteiger charge is -2.20. The lowest BCUT2D eigenvalue weighted by atomic mass is 9.96. The molecular weight excluding hydrogens is 306 g/mol. The number of carbonyl (C=O) groups excluding carboxylic acids is 1. The van der Waals surface area contributed by atoms with E-state index < -0.39 is 0 Å². The SMILES string of the molecule is O=C(Cc1csc(-c2ccccn2)n1)NC1CCCCCCC1. The van der Waals surface area contributed by atoms with Crippen LogP contribution in [0.15, 0.2) is 29.8 Å². The van der Waals surface area contributed by atoms with Gasteiger partial charge in [0, 0.05) is 17.6 Å². The van der Waals surface area contributed by atoms with E-state index in [1.165, 1.54) is 32.1 Å². The number of hydrogen-bond donors (Lipinski definition) is 1. The Kier molecular flexibility index (Phi) is 5.75. The molecule has 5 heteroatoms. The molecule has 1 N–H and O–H groups in total. The van der Waals surface area contributed by atoms with Gasteiger partial charge >= 0.3 is 0 Å². The summed E-state index contributed by atoms with van der Waals surface area (Å²) in [7, 11) is 0.